The Morgan fingerprint density at radius 1 is 1.21 bits per heavy atom. The number of aldehydes is 1. The summed E-state index contributed by atoms with van der Waals surface area (Å²) in [5, 5.41) is 0.742. The predicted molar refractivity (Wildman–Crippen MR) is 81.6 cm³/mol. The minimum absolute atomic E-state index is 0.0302. The van der Waals surface area contributed by atoms with Gasteiger partial charge < -0.3 is 9.63 Å². The van der Waals surface area contributed by atoms with Crippen molar-refractivity contribution in [2.24, 2.45) is 0 Å². The molecule has 0 aromatic heterocycles. The zero-order chi connectivity index (χ0) is 17.7. The van der Waals surface area contributed by atoms with Crippen molar-refractivity contribution in [3.8, 4) is 0 Å². The SMILES string of the molecule is CN(OC(=O)c1cccc(N2C(=O)C=CC2=O)c1)C(=O)CCC=O. The van der Waals surface area contributed by atoms with Crippen molar-refractivity contribution in [1.29, 1.82) is 0 Å². The van der Waals surface area contributed by atoms with Gasteiger partial charge in [-0.15, -0.1) is 0 Å². The van der Waals surface area contributed by atoms with Gasteiger partial charge >= 0.3 is 5.97 Å². The first kappa shape index (κ1) is 17.1. The molecule has 1 aromatic rings. The van der Waals surface area contributed by atoms with Gasteiger partial charge in [0.25, 0.3) is 17.7 Å². The van der Waals surface area contributed by atoms with E-state index in [1.807, 2.05) is 0 Å². The number of hydrogen-bond acceptors (Lipinski definition) is 6. The van der Waals surface area contributed by atoms with E-state index in [1.54, 1.807) is 0 Å². The summed E-state index contributed by atoms with van der Waals surface area (Å²) in [5.41, 5.74) is 0.287. The Balaban J connectivity index is 2.09. The zero-order valence-electron chi connectivity index (χ0n) is 12.8. The molecule has 124 valence electrons. The molecule has 8 heteroatoms. The number of anilines is 1. The van der Waals surface area contributed by atoms with E-state index >= 15 is 0 Å². The molecule has 0 aliphatic carbocycles. The maximum atomic E-state index is 12.1. The van der Waals surface area contributed by atoms with Gasteiger partial charge in [-0.25, -0.2) is 9.69 Å². The van der Waals surface area contributed by atoms with Crippen molar-refractivity contribution in [1.82, 2.24) is 5.06 Å². The van der Waals surface area contributed by atoms with Crippen LogP contribution in [-0.4, -0.2) is 42.1 Å². The number of benzene rings is 1. The van der Waals surface area contributed by atoms with Crippen LogP contribution >= 0.6 is 0 Å². The standard InChI is InChI=1S/C16H14N2O6/c1-17(13(20)6-3-9-19)24-16(23)11-4-2-5-12(10-11)18-14(21)7-8-15(18)22/h2,4-5,7-10H,3,6H2,1H3. The van der Waals surface area contributed by atoms with Gasteiger partial charge in [0.2, 0.25) is 0 Å². The molecular formula is C16H14N2O6. The molecule has 1 aromatic carbocycles. The summed E-state index contributed by atoms with van der Waals surface area (Å²) in [6.07, 6.45) is 2.81. The topological polar surface area (TPSA) is 101 Å². The average Bonchev–Trinajstić information content (AvgIpc) is 2.91. The quantitative estimate of drug-likeness (QED) is 0.446. The van der Waals surface area contributed by atoms with Crippen molar-refractivity contribution in [2.75, 3.05) is 11.9 Å². The molecule has 24 heavy (non-hydrogen) atoms. The minimum Gasteiger partial charge on any atom is -0.333 e. The van der Waals surface area contributed by atoms with Gasteiger partial charge in [-0.3, -0.25) is 14.4 Å². The summed E-state index contributed by atoms with van der Waals surface area (Å²) in [6, 6.07) is 5.72. The van der Waals surface area contributed by atoms with Crippen LogP contribution in [0.15, 0.2) is 36.4 Å². The second kappa shape index (κ2) is 7.32. The third-order valence-electron chi connectivity index (χ3n) is 3.20. The maximum Gasteiger partial charge on any atom is 0.363 e. The van der Waals surface area contributed by atoms with Gasteiger partial charge in [0, 0.05) is 32.0 Å². The summed E-state index contributed by atoms with van der Waals surface area (Å²) < 4.78 is 0. The number of carbonyl (C=O) groups excluding carboxylic acids is 5. The third kappa shape index (κ3) is 3.72. The molecule has 0 bridgehead atoms. The summed E-state index contributed by atoms with van der Waals surface area (Å²) in [6.45, 7) is 0. The highest BCUT2D eigenvalue weighted by atomic mass is 16.7. The third-order valence-corrected chi connectivity index (χ3v) is 3.20. The fourth-order valence-corrected chi connectivity index (χ4v) is 1.99. The van der Waals surface area contributed by atoms with Crippen molar-refractivity contribution < 1.29 is 28.8 Å². The molecule has 0 fully saturated rings. The molecule has 0 radical (unpaired) electrons. The summed E-state index contributed by atoms with van der Waals surface area (Å²) in [4.78, 5) is 63.1. The Morgan fingerprint density at radius 2 is 1.88 bits per heavy atom. The van der Waals surface area contributed by atoms with Crippen LogP contribution in [0.2, 0.25) is 0 Å². The monoisotopic (exact) mass is 330 g/mol. The van der Waals surface area contributed by atoms with Crippen molar-refractivity contribution in [2.45, 2.75) is 12.8 Å². The van der Waals surface area contributed by atoms with E-state index in [1.165, 1.54) is 31.3 Å². The van der Waals surface area contributed by atoms with Gasteiger partial charge in [0.15, 0.2) is 0 Å². The molecule has 8 nitrogen and oxygen atoms in total. The van der Waals surface area contributed by atoms with E-state index in [-0.39, 0.29) is 24.1 Å². The van der Waals surface area contributed by atoms with Crippen LogP contribution in [0.4, 0.5) is 5.69 Å². The molecule has 2 rings (SSSR count). The van der Waals surface area contributed by atoms with Gasteiger partial charge in [0.1, 0.15) is 6.29 Å². The van der Waals surface area contributed by atoms with Gasteiger partial charge in [0.05, 0.1) is 11.3 Å². The number of nitrogens with zero attached hydrogens (tertiary/aromatic N) is 2. The Labute approximate surface area is 137 Å². The first-order valence-corrected chi connectivity index (χ1v) is 7.02. The normalized spacial score (nSPS) is 13.1. The van der Waals surface area contributed by atoms with Crippen molar-refractivity contribution in [3.05, 3.63) is 42.0 Å². The number of rotatable bonds is 5. The maximum absolute atomic E-state index is 12.1. The Kier molecular flexibility index (Phi) is 5.20. The Bertz CT molecular complexity index is 722. The molecule has 1 heterocycles. The van der Waals surface area contributed by atoms with E-state index in [2.05, 4.69) is 0 Å². The molecule has 3 amide bonds. The van der Waals surface area contributed by atoms with E-state index < -0.39 is 23.7 Å². The van der Waals surface area contributed by atoms with E-state index in [0.717, 1.165) is 22.1 Å². The molecule has 0 unspecified atom stereocenters. The molecule has 0 spiro atoms. The highest BCUT2D eigenvalue weighted by Crippen LogP contribution is 2.20. The van der Waals surface area contributed by atoms with Crippen LogP contribution in [0.25, 0.3) is 0 Å². The highest BCUT2D eigenvalue weighted by molar-refractivity contribution is 6.28. The zero-order valence-corrected chi connectivity index (χ0v) is 12.8. The molecule has 1 aliphatic heterocycles. The molecule has 0 saturated heterocycles. The lowest BCUT2D eigenvalue weighted by molar-refractivity contribution is -0.161. The smallest absolute Gasteiger partial charge is 0.333 e. The van der Waals surface area contributed by atoms with E-state index in [0.29, 0.717) is 6.29 Å². The van der Waals surface area contributed by atoms with Crippen molar-refractivity contribution in [3.63, 3.8) is 0 Å². The molecule has 0 atom stereocenters. The number of hydrogen-bond donors (Lipinski definition) is 0. The molecule has 0 saturated carbocycles. The summed E-state index contributed by atoms with van der Waals surface area (Å²) in [5.74, 6) is -2.37. The minimum atomic E-state index is -0.828. The average molecular weight is 330 g/mol. The van der Waals surface area contributed by atoms with Crippen LogP contribution in [0, 0.1) is 0 Å². The highest BCUT2D eigenvalue weighted by Gasteiger charge is 2.26. The lowest BCUT2D eigenvalue weighted by Crippen LogP contribution is -2.31. The van der Waals surface area contributed by atoms with Gasteiger partial charge in [-0.2, -0.15) is 5.06 Å². The summed E-state index contributed by atoms with van der Waals surface area (Å²) >= 11 is 0. The van der Waals surface area contributed by atoms with Gasteiger partial charge in [-0.1, -0.05) is 6.07 Å². The second-order valence-corrected chi connectivity index (χ2v) is 4.87. The van der Waals surface area contributed by atoms with Crippen LogP contribution in [-0.2, 0) is 24.0 Å². The fraction of sp³-hybridized carbons (Fsp3) is 0.188. The predicted octanol–water partition coefficient (Wildman–Crippen LogP) is 0.625. The summed E-state index contributed by atoms with van der Waals surface area (Å²) in [7, 11) is 1.26. The number of imide groups is 1. The van der Waals surface area contributed by atoms with Gasteiger partial charge in [-0.05, 0) is 18.2 Å². The first-order valence-electron chi connectivity index (χ1n) is 7.02. The van der Waals surface area contributed by atoms with Crippen LogP contribution < -0.4 is 4.90 Å². The van der Waals surface area contributed by atoms with E-state index in [9.17, 15) is 24.0 Å². The number of hydroxylamine groups is 2. The number of carbonyl (C=O) groups is 5. The Morgan fingerprint density at radius 3 is 2.50 bits per heavy atom. The van der Waals surface area contributed by atoms with E-state index in [4.69, 9.17) is 4.84 Å². The fourth-order valence-electron chi connectivity index (χ4n) is 1.99. The molecular weight excluding hydrogens is 316 g/mol. The lowest BCUT2D eigenvalue weighted by atomic mass is 10.2. The first-order chi connectivity index (χ1) is 11.4. The Hall–Kier alpha value is -3.29. The van der Waals surface area contributed by atoms with Crippen LogP contribution in [0.5, 0.6) is 0 Å². The largest absolute Gasteiger partial charge is 0.363 e. The van der Waals surface area contributed by atoms with Crippen LogP contribution in [0.1, 0.15) is 23.2 Å². The molecule has 0 N–H and O–H groups in total. The molecule has 1 aliphatic rings. The number of amides is 3. The van der Waals surface area contributed by atoms with Crippen LogP contribution in [0.3, 0.4) is 0 Å². The lowest BCUT2D eigenvalue weighted by Gasteiger charge is -2.17. The second-order valence-electron chi connectivity index (χ2n) is 4.87. The van der Waals surface area contributed by atoms with Crippen molar-refractivity contribution >= 4 is 35.7 Å².